The summed E-state index contributed by atoms with van der Waals surface area (Å²) >= 11 is 0. The van der Waals surface area contributed by atoms with Crippen LogP contribution in [0.4, 0.5) is 0 Å². The molecule has 2 aromatic carbocycles. The lowest BCUT2D eigenvalue weighted by Gasteiger charge is -2.33. The number of carbonyl (C=O) groups excluding carboxylic acids is 2. The highest BCUT2D eigenvalue weighted by atomic mass is 16.2. The van der Waals surface area contributed by atoms with E-state index in [9.17, 15) is 9.59 Å². The number of para-hydroxylation sites is 1. The molecule has 156 valence electrons. The first-order valence-corrected chi connectivity index (χ1v) is 10.5. The summed E-state index contributed by atoms with van der Waals surface area (Å²) in [7, 11) is 1.64. The molecule has 1 aliphatic heterocycles. The predicted octanol–water partition coefficient (Wildman–Crippen LogP) is 2.72. The van der Waals surface area contributed by atoms with E-state index in [1.807, 2.05) is 11.0 Å². The molecule has 4 rings (SSSR count). The summed E-state index contributed by atoms with van der Waals surface area (Å²) in [6.45, 7) is 6.19. The van der Waals surface area contributed by atoms with Gasteiger partial charge in [0.15, 0.2) is 0 Å². The van der Waals surface area contributed by atoms with Crippen molar-refractivity contribution in [3.8, 4) is 0 Å². The van der Waals surface area contributed by atoms with Crippen molar-refractivity contribution in [2.24, 2.45) is 0 Å². The fourth-order valence-electron chi connectivity index (χ4n) is 4.20. The van der Waals surface area contributed by atoms with E-state index in [2.05, 4.69) is 64.2 Å². The van der Waals surface area contributed by atoms with Gasteiger partial charge in [-0.1, -0.05) is 24.3 Å². The molecule has 1 saturated heterocycles. The maximum absolute atomic E-state index is 12.6. The fraction of sp³-hybridized carbons (Fsp3) is 0.333. The van der Waals surface area contributed by atoms with E-state index < -0.39 is 0 Å². The number of rotatable bonds is 5. The molecule has 1 aliphatic rings. The highest BCUT2D eigenvalue weighted by Gasteiger charge is 2.20. The maximum Gasteiger partial charge on any atom is 0.246 e. The van der Waals surface area contributed by atoms with E-state index in [-0.39, 0.29) is 11.8 Å². The second-order valence-corrected chi connectivity index (χ2v) is 7.65. The highest BCUT2D eigenvalue weighted by molar-refractivity contribution is 6.08. The van der Waals surface area contributed by atoms with Gasteiger partial charge < -0.3 is 14.8 Å². The number of aryl methyl sites for hydroxylation is 1. The van der Waals surface area contributed by atoms with E-state index in [4.69, 9.17) is 0 Å². The summed E-state index contributed by atoms with van der Waals surface area (Å²) in [6.07, 6.45) is 3.56. The lowest BCUT2D eigenvalue weighted by molar-refractivity contribution is -0.128. The van der Waals surface area contributed by atoms with E-state index in [1.54, 1.807) is 13.1 Å². The van der Waals surface area contributed by atoms with Gasteiger partial charge in [0.25, 0.3) is 0 Å². The Hall–Kier alpha value is -3.12. The van der Waals surface area contributed by atoms with Crippen molar-refractivity contribution in [3.05, 3.63) is 54.1 Å². The Morgan fingerprint density at radius 1 is 1.00 bits per heavy atom. The van der Waals surface area contributed by atoms with Crippen molar-refractivity contribution in [2.75, 3.05) is 39.8 Å². The third-order valence-corrected chi connectivity index (χ3v) is 5.86. The number of hydrogen-bond donors (Lipinski definition) is 1. The van der Waals surface area contributed by atoms with Gasteiger partial charge in [-0.15, -0.1) is 0 Å². The molecule has 6 heteroatoms. The Labute approximate surface area is 176 Å². The first kappa shape index (κ1) is 20.2. The van der Waals surface area contributed by atoms with Gasteiger partial charge in [-0.3, -0.25) is 14.5 Å². The molecule has 1 N–H and O–H groups in total. The average Bonchev–Trinajstić information content (AvgIpc) is 3.10. The monoisotopic (exact) mass is 404 g/mol. The topological polar surface area (TPSA) is 57.6 Å². The zero-order chi connectivity index (χ0) is 21.1. The van der Waals surface area contributed by atoms with Crippen molar-refractivity contribution >= 4 is 39.7 Å². The second-order valence-electron chi connectivity index (χ2n) is 7.65. The number of piperazine rings is 1. The van der Waals surface area contributed by atoms with E-state index >= 15 is 0 Å². The van der Waals surface area contributed by atoms with Crippen LogP contribution in [0.5, 0.6) is 0 Å². The summed E-state index contributed by atoms with van der Waals surface area (Å²) in [5, 5.41) is 5.09. The molecule has 6 nitrogen and oxygen atoms in total. The van der Waals surface area contributed by atoms with Crippen LogP contribution in [0.2, 0.25) is 0 Å². The molecule has 0 unspecified atom stereocenters. The molecule has 0 bridgehead atoms. The molecule has 0 aliphatic carbocycles. The van der Waals surface area contributed by atoms with Crippen LogP contribution in [0.15, 0.2) is 48.5 Å². The highest BCUT2D eigenvalue weighted by Crippen LogP contribution is 2.29. The smallest absolute Gasteiger partial charge is 0.246 e. The first-order valence-electron chi connectivity index (χ1n) is 10.5. The third-order valence-electron chi connectivity index (χ3n) is 5.86. The minimum atomic E-state index is 0.00879. The van der Waals surface area contributed by atoms with Gasteiger partial charge in [0.2, 0.25) is 11.8 Å². The van der Waals surface area contributed by atoms with E-state index in [0.717, 1.165) is 25.2 Å². The lowest BCUT2D eigenvalue weighted by Crippen LogP contribution is -2.50. The standard InChI is InChI=1S/C24H28N4O2/c1-3-28-21-7-5-4-6-19(21)20-16-18(8-10-22(20)28)9-11-24(30)27-14-12-26(13-15-27)17-23(29)25-2/h4-11,16H,3,12-15,17H2,1-2H3,(H,25,29)/b11-9+. The van der Waals surface area contributed by atoms with Crippen LogP contribution in [0, 0.1) is 0 Å². The van der Waals surface area contributed by atoms with Crippen LogP contribution >= 0.6 is 0 Å². The number of benzene rings is 2. The Morgan fingerprint density at radius 3 is 2.47 bits per heavy atom. The van der Waals surface area contributed by atoms with Gasteiger partial charge in [0, 0.05) is 67.7 Å². The molecule has 0 saturated carbocycles. The Balaban J connectivity index is 1.47. The number of carbonyl (C=O) groups is 2. The molecule has 0 atom stereocenters. The lowest BCUT2D eigenvalue weighted by atomic mass is 10.1. The van der Waals surface area contributed by atoms with Crippen molar-refractivity contribution < 1.29 is 9.59 Å². The van der Waals surface area contributed by atoms with Gasteiger partial charge in [-0.25, -0.2) is 0 Å². The number of nitrogens with zero attached hydrogens (tertiary/aromatic N) is 3. The van der Waals surface area contributed by atoms with Crippen molar-refractivity contribution in [1.82, 2.24) is 19.7 Å². The number of nitrogens with one attached hydrogen (secondary N) is 1. The molecule has 0 spiro atoms. The molecule has 2 heterocycles. The summed E-state index contributed by atoms with van der Waals surface area (Å²) in [4.78, 5) is 28.0. The largest absolute Gasteiger partial charge is 0.358 e. The molecule has 1 aromatic heterocycles. The van der Waals surface area contributed by atoms with E-state index in [1.165, 1.54) is 21.8 Å². The molecule has 1 fully saturated rings. The minimum absolute atomic E-state index is 0.00879. The Bertz CT molecular complexity index is 1110. The van der Waals surface area contributed by atoms with Gasteiger partial charge >= 0.3 is 0 Å². The van der Waals surface area contributed by atoms with Crippen molar-refractivity contribution in [1.29, 1.82) is 0 Å². The van der Waals surface area contributed by atoms with Gasteiger partial charge in [-0.05, 0) is 36.8 Å². The van der Waals surface area contributed by atoms with Crippen LogP contribution in [-0.4, -0.2) is 66.0 Å². The summed E-state index contributed by atoms with van der Waals surface area (Å²) in [6, 6.07) is 14.8. The molecule has 0 radical (unpaired) electrons. The van der Waals surface area contributed by atoms with E-state index in [0.29, 0.717) is 19.6 Å². The molecule has 30 heavy (non-hydrogen) atoms. The van der Waals surface area contributed by atoms with Crippen molar-refractivity contribution in [3.63, 3.8) is 0 Å². The summed E-state index contributed by atoms with van der Waals surface area (Å²) in [5.74, 6) is 0.0279. The number of aromatic nitrogens is 1. The molecular weight excluding hydrogens is 376 g/mol. The number of likely N-dealkylation sites (N-methyl/N-ethyl adjacent to an activating group) is 1. The molecule has 3 aromatic rings. The zero-order valence-electron chi connectivity index (χ0n) is 17.6. The van der Waals surface area contributed by atoms with Crippen molar-refractivity contribution in [2.45, 2.75) is 13.5 Å². The first-order chi connectivity index (χ1) is 14.6. The number of hydrogen-bond acceptors (Lipinski definition) is 3. The SMILES string of the molecule is CCn1c2ccccc2c2cc(/C=C/C(=O)N3CCN(CC(=O)NC)CC3)ccc21. The van der Waals surface area contributed by atoms with Gasteiger partial charge in [0.1, 0.15) is 0 Å². The maximum atomic E-state index is 12.6. The van der Waals surface area contributed by atoms with Crippen LogP contribution in [0.25, 0.3) is 27.9 Å². The Morgan fingerprint density at radius 2 is 1.73 bits per heavy atom. The molecular formula is C24H28N4O2. The zero-order valence-corrected chi connectivity index (χ0v) is 17.6. The molecule has 2 amide bonds. The number of amides is 2. The second kappa shape index (κ2) is 8.71. The number of fused-ring (bicyclic) bond motifs is 3. The fourth-order valence-corrected chi connectivity index (χ4v) is 4.20. The van der Waals surface area contributed by atoms with Gasteiger partial charge in [0.05, 0.1) is 6.54 Å². The quantitative estimate of drug-likeness (QED) is 0.666. The van der Waals surface area contributed by atoms with Crippen LogP contribution < -0.4 is 5.32 Å². The summed E-state index contributed by atoms with van der Waals surface area (Å²) < 4.78 is 2.32. The average molecular weight is 405 g/mol. The van der Waals surface area contributed by atoms with Gasteiger partial charge in [-0.2, -0.15) is 0 Å². The normalized spacial score (nSPS) is 15.3. The minimum Gasteiger partial charge on any atom is -0.358 e. The predicted molar refractivity (Wildman–Crippen MR) is 121 cm³/mol. The summed E-state index contributed by atoms with van der Waals surface area (Å²) in [5.41, 5.74) is 3.48. The van der Waals surface area contributed by atoms with Crippen LogP contribution in [0.3, 0.4) is 0 Å². The van der Waals surface area contributed by atoms with Crippen LogP contribution in [-0.2, 0) is 16.1 Å². The third kappa shape index (κ3) is 3.96. The van der Waals surface area contributed by atoms with Crippen LogP contribution in [0.1, 0.15) is 12.5 Å². The Kier molecular flexibility index (Phi) is 5.86.